The maximum Gasteiger partial charge on any atom is 0.306 e. The van der Waals surface area contributed by atoms with Crippen LogP contribution in [0.25, 0.3) is 0 Å². The van der Waals surface area contributed by atoms with Crippen molar-refractivity contribution in [3.8, 4) is 0 Å². The summed E-state index contributed by atoms with van der Waals surface area (Å²) in [6.07, 6.45) is 1.92. The summed E-state index contributed by atoms with van der Waals surface area (Å²) in [5, 5.41) is 16.7. The van der Waals surface area contributed by atoms with Crippen molar-refractivity contribution in [3.63, 3.8) is 0 Å². The van der Waals surface area contributed by atoms with Crippen LogP contribution in [0.15, 0.2) is 0 Å². The molecule has 0 spiro atoms. The van der Waals surface area contributed by atoms with Gasteiger partial charge in [0.2, 0.25) is 0 Å². The van der Waals surface area contributed by atoms with Gasteiger partial charge in [-0.3, -0.25) is 9.59 Å². The van der Waals surface area contributed by atoms with Crippen LogP contribution in [0, 0.1) is 5.92 Å². The normalized spacial score (nSPS) is 11.5. The Hall–Kier alpha value is -0.770. The van der Waals surface area contributed by atoms with Crippen LogP contribution >= 0.6 is 12.4 Å². The Balaban J connectivity index is 0. The number of carboxylic acid groups (broad SMARTS) is 2. The van der Waals surface area contributed by atoms with Crippen molar-refractivity contribution < 1.29 is 19.8 Å². The van der Waals surface area contributed by atoms with Gasteiger partial charge in [-0.25, -0.2) is 0 Å². The Morgan fingerprint density at radius 1 is 1.23 bits per heavy atom. The molecule has 0 fully saturated rings. The second-order valence-corrected chi connectivity index (χ2v) is 2.88. The molecule has 1 atom stereocenters. The number of hydrogen-bond acceptors (Lipinski definition) is 2. The first-order valence-corrected chi connectivity index (χ1v) is 3.98. The van der Waals surface area contributed by atoms with Crippen LogP contribution < -0.4 is 0 Å². The average Bonchev–Trinajstić information content (AvgIpc) is 1.97. The molecule has 4 nitrogen and oxygen atoms in total. The maximum atomic E-state index is 10.3. The van der Waals surface area contributed by atoms with Gasteiger partial charge in [0.15, 0.2) is 0 Å². The smallest absolute Gasteiger partial charge is 0.306 e. The third-order valence-electron chi connectivity index (χ3n) is 1.70. The number of rotatable bonds is 6. The van der Waals surface area contributed by atoms with E-state index in [2.05, 4.69) is 0 Å². The molecule has 0 bridgehead atoms. The first-order valence-electron chi connectivity index (χ1n) is 3.98. The van der Waals surface area contributed by atoms with Crippen LogP contribution in [0.3, 0.4) is 0 Å². The van der Waals surface area contributed by atoms with Crippen molar-refractivity contribution in [1.82, 2.24) is 0 Å². The SMILES string of the molecule is CC(CCCCC(=O)O)C(=O)O.Cl. The number of aliphatic carboxylic acids is 2. The van der Waals surface area contributed by atoms with Gasteiger partial charge in [-0.2, -0.15) is 0 Å². The maximum absolute atomic E-state index is 10.3. The Kier molecular flexibility index (Phi) is 8.91. The zero-order chi connectivity index (χ0) is 9.56. The lowest BCUT2D eigenvalue weighted by Gasteiger charge is -2.03. The molecule has 1 unspecified atom stereocenters. The van der Waals surface area contributed by atoms with Crippen LogP contribution in [0.2, 0.25) is 0 Å². The average molecular weight is 211 g/mol. The van der Waals surface area contributed by atoms with Crippen molar-refractivity contribution in [2.45, 2.75) is 32.6 Å². The van der Waals surface area contributed by atoms with Gasteiger partial charge in [-0.1, -0.05) is 13.3 Å². The summed E-state index contributed by atoms with van der Waals surface area (Å²) in [4.78, 5) is 20.4. The number of halogens is 1. The molecule has 0 aromatic carbocycles. The Morgan fingerprint density at radius 3 is 2.15 bits per heavy atom. The minimum absolute atomic E-state index is 0. The second kappa shape index (κ2) is 7.86. The van der Waals surface area contributed by atoms with Gasteiger partial charge in [0.05, 0.1) is 5.92 Å². The zero-order valence-corrected chi connectivity index (χ0v) is 8.34. The lowest BCUT2D eigenvalue weighted by Crippen LogP contribution is -2.09. The van der Waals surface area contributed by atoms with E-state index in [-0.39, 0.29) is 24.7 Å². The molecular weight excluding hydrogens is 196 g/mol. The van der Waals surface area contributed by atoms with E-state index in [0.29, 0.717) is 19.3 Å². The Morgan fingerprint density at radius 2 is 1.77 bits per heavy atom. The van der Waals surface area contributed by atoms with E-state index in [4.69, 9.17) is 10.2 Å². The van der Waals surface area contributed by atoms with Crippen LogP contribution in [-0.4, -0.2) is 22.2 Å². The summed E-state index contributed by atoms with van der Waals surface area (Å²) < 4.78 is 0. The molecule has 5 heteroatoms. The highest BCUT2D eigenvalue weighted by Crippen LogP contribution is 2.08. The van der Waals surface area contributed by atoms with Crippen molar-refractivity contribution >= 4 is 24.3 Å². The molecule has 0 saturated carbocycles. The van der Waals surface area contributed by atoms with Crippen LogP contribution in [-0.2, 0) is 9.59 Å². The number of hydrogen-bond donors (Lipinski definition) is 2. The molecule has 0 aliphatic rings. The minimum atomic E-state index is -0.821. The van der Waals surface area contributed by atoms with E-state index >= 15 is 0 Å². The quantitative estimate of drug-likeness (QED) is 0.656. The molecule has 0 aliphatic heterocycles. The molecule has 0 saturated heterocycles. The third-order valence-corrected chi connectivity index (χ3v) is 1.70. The van der Waals surface area contributed by atoms with Crippen molar-refractivity contribution in [2.24, 2.45) is 5.92 Å². The summed E-state index contributed by atoms with van der Waals surface area (Å²) in [6, 6.07) is 0. The molecule has 0 aromatic rings. The minimum Gasteiger partial charge on any atom is -0.481 e. The van der Waals surface area contributed by atoms with Gasteiger partial charge in [-0.15, -0.1) is 12.4 Å². The topological polar surface area (TPSA) is 74.6 Å². The molecule has 0 aromatic heterocycles. The monoisotopic (exact) mass is 210 g/mol. The van der Waals surface area contributed by atoms with E-state index in [1.54, 1.807) is 6.92 Å². The van der Waals surface area contributed by atoms with Crippen molar-refractivity contribution in [1.29, 1.82) is 0 Å². The standard InChI is InChI=1S/C8H14O4.ClH/c1-6(8(11)12)4-2-3-5-7(9)10;/h6H,2-5H2,1H3,(H,9,10)(H,11,12);1H. The fourth-order valence-electron chi connectivity index (χ4n) is 0.850. The molecule has 0 rings (SSSR count). The van der Waals surface area contributed by atoms with E-state index in [1.165, 1.54) is 0 Å². The fourth-order valence-corrected chi connectivity index (χ4v) is 0.850. The first kappa shape index (κ1) is 14.7. The Labute approximate surface area is 83.4 Å². The summed E-state index contributed by atoms with van der Waals surface area (Å²) in [6.45, 7) is 1.63. The second-order valence-electron chi connectivity index (χ2n) is 2.88. The summed E-state index contributed by atoms with van der Waals surface area (Å²) in [5.41, 5.74) is 0. The van der Waals surface area contributed by atoms with Crippen molar-refractivity contribution in [3.05, 3.63) is 0 Å². The number of carboxylic acids is 2. The molecule has 2 N–H and O–H groups in total. The molecule has 0 radical (unpaired) electrons. The predicted octanol–water partition coefficient (Wildman–Crippen LogP) is 1.77. The summed E-state index contributed by atoms with van der Waals surface area (Å²) in [5.74, 6) is -2.00. The van der Waals surface area contributed by atoms with Gasteiger partial charge in [-0.05, 0) is 12.8 Å². The van der Waals surface area contributed by atoms with Crippen LogP contribution in [0.1, 0.15) is 32.6 Å². The zero-order valence-electron chi connectivity index (χ0n) is 7.52. The van der Waals surface area contributed by atoms with Gasteiger partial charge in [0, 0.05) is 6.42 Å². The molecule has 13 heavy (non-hydrogen) atoms. The third kappa shape index (κ3) is 9.14. The van der Waals surface area contributed by atoms with Crippen LogP contribution in [0.5, 0.6) is 0 Å². The molecule has 78 valence electrons. The lowest BCUT2D eigenvalue weighted by molar-refractivity contribution is -0.141. The summed E-state index contributed by atoms with van der Waals surface area (Å²) in [7, 11) is 0. The van der Waals surface area contributed by atoms with Gasteiger partial charge >= 0.3 is 11.9 Å². The van der Waals surface area contributed by atoms with E-state index in [1.807, 2.05) is 0 Å². The summed E-state index contributed by atoms with van der Waals surface area (Å²) >= 11 is 0. The van der Waals surface area contributed by atoms with Crippen LogP contribution in [0.4, 0.5) is 0 Å². The van der Waals surface area contributed by atoms with E-state index in [9.17, 15) is 9.59 Å². The lowest BCUT2D eigenvalue weighted by atomic mass is 10.0. The van der Waals surface area contributed by atoms with E-state index in [0.717, 1.165) is 0 Å². The molecule has 0 heterocycles. The number of carbonyl (C=O) groups is 2. The van der Waals surface area contributed by atoms with Crippen molar-refractivity contribution in [2.75, 3.05) is 0 Å². The Bertz CT molecular complexity index is 170. The van der Waals surface area contributed by atoms with Gasteiger partial charge in [0.1, 0.15) is 0 Å². The highest BCUT2D eigenvalue weighted by molar-refractivity contribution is 5.85. The van der Waals surface area contributed by atoms with E-state index < -0.39 is 11.9 Å². The number of unbranched alkanes of at least 4 members (excludes halogenated alkanes) is 1. The highest BCUT2D eigenvalue weighted by atomic mass is 35.5. The predicted molar refractivity (Wildman–Crippen MR) is 50.2 cm³/mol. The molecular formula is C8H15ClO4. The fraction of sp³-hybridized carbons (Fsp3) is 0.750. The highest BCUT2D eigenvalue weighted by Gasteiger charge is 2.09. The molecule has 0 aliphatic carbocycles. The molecule has 0 amide bonds. The van der Waals surface area contributed by atoms with Gasteiger partial charge < -0.3 is 10.2 Å². The largest absolute Gasteiger partial charge is 0.481 e. The van der Waals surface area contributed by atoms with Gasteiger partial charge in [0.25, 0.3) is 0 Å². The first-order chi connectivity index (χ1) is 5.54.